The first kappa shape index (κ1) is 12.7. The molecule has 0 saturated carbocycles. The highest BCUT2D eigenvalue weighted by molar-refractivity contribution is 5.69. The van der Waals surface area contributed by atoms with E-state index in [1.54, 1.807) is 0 Å². The third-order valence-electron chi connectivity index (χ3n) is 2.20. The van der Waals surface area contributed by atoms with Crippen LogP contribution < -0.4 is 5.73 Å². The first-order valence-corrected chi connectivity index (χ1v) is 5.28. The van der Waals surface area contributed by atoms with Crippen LogP contribution in [0.4, 0.5) is 0 Å². The van der Waals surface area contributed by atoms with E-state index in [4.69, 9.17) is 15.6 Å². The average molecular weight is 223 g/mol. The molecule has 0 aromatic heterocycles. The van der Waals surface area contributed by atoms with Crippen LogP contribution >= 0.6 is 0 Å². The lowest BCUT2D eigenvalue weighted by Gasteiger charge is -2.07. The molecule has 1 rings (SSSR count). The predicted molar refractivity (Wildman–Crippen MR) is 60.5 cm³/mol. The van der Waals surface area contributed by atoms with Crippen LogP contribution in [0.2, 0.25) is 0 Å². The smallest absolute Gasteiger partial charge is 0.306 e. The number of ether oxygens (including phenoxy) is 1. The molecule has 88 valence electrons. The van der Waals surface area contributed by atoms with Crippen LogP contribution in [0, 0.1) is 0 Å². The zero-order chi connectivity index (χ0) is 11.8. The van der Waals surface area contributed by atoms with Crippen LogP contribution in [0.25, 0.3) is 0 Å². The minimum absolute atomic E-state index is 0.105. The molecule has 0 bridgehead atoms. The van der Waals surface area contributed by atoms with Crippen molar-refractivity contribution in [1.29, 1.82) is 0 Å². The lowest BCUT2D eigenvalue weighted by molar-refractivity contribution is -0.145. The van der Waals surface area contributed by atoms with Crippen molar-refractivity contribution in [2.24, 2.45) is 5.73 Å². The van der Waals surface area contributed by atoms with Crippen LogP contribution in [0.3, 0.4) is 0 Å². The molecule has 3 N–H and O–H groups in total. The SMILES string of the molecule is NC(CO)CCC(=O)OCc1ccccc1. The quantitative estimate of drug-likeness (QED) is 0.701. The highest BCUT2D eigenvalue weighted by Gasteiger charge is 2.07. The molecule has 0 aliphatic rings. The number of carbonyl (C=O) groups is 1. The van der Waals surface area contributed by atoms with E-state index in [2.05, 4.69) is 0 Å². The van der Waals surface area contributed by atoms with Gasteiger partial charge < -0.3 is 15.6 Å². The second kappa shape index (κ2) is 6.98. The summed E-state index contributed by atoms with van der Waals surface area (Å²) in [5.74, 6) is -0.284. The van der Waals surface area contributed by atoms with Crippen LogP contribution in [-0.4, -0.2) is 23.7 Å². The van der Waals surface area contributed by atoms with Gasteiger partial charge in [-0.3, -0.25) is 4.79 Å². The van der Waals surface area contributed by atoms with Gasteiger partial charge >= 0.3 is 5.97 Å². The number of aliphatic hydroxyl groups excluding tert-OH is 1. The van der Waals surface area contributed by atoms with Crippen molar-refractivity contribution in [2.75, 3.05) is 6.61 Å². The van der Waals surface area contributed by atoms with E-state index in [0.717, 1.165) is 5.56 Å². The lowest BCUT2D eigenvalue weighted by atomic mass is 10.2. The summed E-state index contributed by atoms with van der Waals surface area (Å²) >= 11 is 0. The Balaban J connectivity index is 2.20. The third kappa shape index (κ3) is 4.91. The maximum atomic E-state index is 11.3. The molecule has 1 atom stereocenters. The van der Waals surface area contributed by atoms with Crippen LogP contribution in [0.15, 0.2) is 30.3 Å². The maximum Gasteiger partial charge on any atom is 0.306 e. The van der Waals surface area contributed by atoms with Crippen LogP contribution in [-0.2, 0) is 16.1 Å². The molecular formula is C12H17NO3. The van der Waals surface area contributed by atoms with Crippen LogP contribution in [0.1, 0.15) is 18.4 Å². The van der Waals surface area contributed by atoms with Crippen molar-refractivity contribution in [3.8, 4) is 0 Å². The Hall–Kier alpha value is -1.39. The van der Waals surface area contributed by atoms with E-state index in [-0.39, 0.29) is 31.6 Å². The molecule has 0 aliphatic carbocycles. The fourth-order valence-electron chi connectivity index (χ4n) is 1.20. The molecule has 1 aromatic carbocycles. The van der Waals surface area contributed by atoms with E-state index in [0.29, 0.717) is 6.42 Å². The molecule has 0 aliphatic heterocycles. The highest BCUT2D eigenvalue weighted by atomic mass is 16.5. The van der Waals surface area contributed by atoms with Gasteiger partial charge in [-0.05, 0) is 12.0 Å². The van der Waals surface area contributed by atoms with E-state index in [9.17, 15) is 4.79 Å². The van der Waals surface area contributed by atoms with Crippen molar-refractivity contribution in [3.63, 3.8) is 0 Å². The normalized spacial score (nSPS) is 12.1. The molecular weight excluding hydrogens is 206 g/mol. The van der Waals surface area contributed by atoms with Gasteiger partial charge in [-0.1, -0.05) is 30.3 Å². The lowest BCUT2D eigenvalue weighted by Crippen LogP contribution is -2.25. The first-order valence-electron chi connectivity index (χ1n) is 5.28. The second-order valence-electron chi connectivity index (χ2n) is 3.63. The molecule has 1 aromatic rings. The van der Waals surface area contributed by atoms with E-state index >= 15 is 0 Å². The molecule has 0 radical (unpaired) electrons. The van der Waals surface area contributed by atoms with Crippen molar-refractivity contribution in [3.05, 3.63) is 35.9 Å². The van der Waals surface area contributed by atoms with Crippen molar-refractivity contribution >= 4 is 5.97 Å². The van der Waals surface area contributed by atoms with Crippen molar-refractivity contribution in [2.45, 2.75) is 25.5 Å². The maximum absolute atomic E-state index is 11.3. The Morgan fingerprint density at radius 2 is 2.06 bits per heavy atom. The summed E-state index contributed by atoms with van der Waals surface area (Å²) in [5, 5.41) is 8.68. The minimum Gasteiger partial charge on any atom is -0.461 e. The Morgan fingerprint density at radius 1 is 1.38 bits per heavy atom. The number of nitrogens with two attached hydrogens (primary N) is 1. The number of benzene rings is 1. The Bertz CT molecular complexity index is 313. The zero-order valence-corrected chi connectivity index (χ0v) is 9.13. The van der Waals surface area contributed by atoms with Crippen molar-refractivity contribution < 1.29 is 14.6 Å². The monoisotopic (exact) mass is 223 g/mol. The summed E-state index contributed by atoms with van der Waals surface area (Å²) in [6.45, 7) is 0.181. The van der Waals surface area contributed by atoms with Gasteiger partial charge in [0.15, 0.2) is 0 Å². The van der Waals surface area contributed by atoms with Gasteiger partial charge in [0, 0.05) is 12.5 Å². The predicted octanol–water partition coefficient (Wildman–Crippen LogP) is 0.830. The molecule has 0 saturated heterocycles. The Morgan fingerprint density at radius 3 is 2.69 bits per heavy atom. The minimum atomic E-state index is -0.343. The Kier molecular flexibility index (Phi) is 5.53. The average Bonchev–Trinajstić information content (AvgIpc) is 2.34. The molecule has 4 heteroatoms. The van der Waals surface area contributed by atoms with Gasteiger partial charge in [0.2, 0.25) is 0 Å². The summed E-state index contributed by atoms with van der Waals surface area (Å²) in [4.78, 5) is 11.3. The summed E-state index contributed by atoms with van der Waals surface area (Å²) < 4.78 is 5.05. The van der Waals surface area contributed by atoms with Gasteiger partial charge in [0.05, 0.1) is 6.61 Å². The largest absolute Gasteiger partial charge is 0.461 e. The number of carbonyl (C=O) groups excluding carboxylic acids is 1. The number of aliphatic hydroxyl groups is 1. The number of esters is 1. The number of hydrogen-bond donors (Lipinski definition) is 2. The van der Waals surface area contributed by atoms with E-state index in [1.165, 1.54) is 0 Å². The molecule has 0 spiro atoms. The summed E-state index contributed by atoms with van der Waals surface area (Å²) in [6.07, 6.45) is 0.693. The van der Waals surface area contributed by atoms with E-state index < -0.39 is 0 Å². The molecule has 4 nitrogen and oxygen atoms in total. The number of hydrogen-bond acceptors (Lipinski definition) is 4. The van der Waals surface area contributed by atoms with Gasteiger partial charge in [0.25, 0.3) is 0 Å². The standard InChI is InChI=1S/C12H17NO3/c13-11(8-14)6-7-12(15)16-9-10-4-2-1-3-5-10/h1-5,11,14H,6-9,13H2. The van der Waals surface area contributed by atoms with Gasteiger partial charge in [-0.15, -0.1) is 0 Å². The topological polar surface area (TPSA) is 72.5 Å². The summed E-state index contributed by atoms with van der Waals surface area (Å²) in [6, 6.07) is 9.14. The third-order valence-corrected chi connectivity index (χ3v) is 2.20. The van der Waals surface area contributed by atoms with E-state index in [1.807, 2.05) is 30.3 Å². The van der Waals surface area contributed by atoms with Crippen LogP contribution in [0.5, 0.6) is 0 Å². The van der Waals surface area contributed by atoms with Gasteiger partial charge in [-0.25, -0.2) is 0 Å². The first-order chi connectivity index (χ1) is 7.72. The van der Waals surface area contributed by atoms with Gasteiger partial charge in [0.1, 0.15) is 6.61 Å². The fraction of sp³-hybridized carbons (Fsp3) is 0.417. The van der Waals surface area contributed by atoms with Gasteiger partial charge in [-0.2, -0.15) is 0 Å². The molecule has 1 unspecified atom stereocenters. The molecule has 0 heterocycles. The van der Waals surface area contributed by atoms with Crippen molar-refractivity contribution in [1.82, 2.24) is 0 Å². The molecule has 0 fully saturated rings. The highest BCUT2D eigenvalue weighted by Crippen LogP contribution is 2.03. The number of rotatable bonds is 6. The molecule has 0 amide bonds. The summed E-state index contributed by atoms with van der Waals surface area (Å²) in [7, 11) is 0. The molecule has 16 heavy (non-hydrogen) atoms. The second-order valence-corrected chi connectivity index (χ2v) is 3.63. The zero-order valence-electron chi connectivity index (χ0n) is 9.13. The fourth-order valence-corrected chi connectivity index (χ4v) is 1.20. The Labute approximate surface area is 95.0 Å². The summed E-state index contributed by atoms with van der Waals surface area (Å²) in [5.41, 5.74) is 6.43.